The van der Waals surface area contributed by atoms with Crippen molar-refractivity contribution in [2.24, 2.45) is 5.41 Å². The molecule has 0 N–H and O–H groups in total. The van der Waals surface area contributed by atoms with Gasteiger partial charge in [-0.1, -0.05) is 24.3 Å². The van der Waals surface area contributed by atoms with E-state index in [4.69, 9.17) is 23.7 Å². The van der Waals surface area contributed by atoms with Crippen molar-refractivity contribution in [1.82, 2.24) is 0 Å². The van der Waals surface area contributed by atoms with Crippen LogP contribution in [0.4, 0.5) is 0 Å². The molecule has 0 bridgehead atoms. The van der Waals surface area contributed by atoms with Crippen molar-refractivity contribution in [3.05, 3.63) is 53.6 Å². The van der Waals surface area contributed by atoms with E-state index in [9.17, 15) is 9.59 Å². The third kappa shape index (κ3) is 6.18. The van der Waals surface area contributed by atoms with Gasteiger partial charge in [0.15, 0.2) is 5.79 Å². The van der Waals surface area contributed by atoms with Gasteiger partial charge in [-0.05, 0) is 56.2 Å². The number of hydrogen-bond donors (Lipinski definition) is 0. The van der Waals surface area contributed by atoms with Gasteiger partial charge < -0.3 is 23.7 Å². The Hall–Kier alpha value is -3.16. The predicted molar refractivity (Wildman–Crippen MR) is 119 cm³/mol. The van der Waals surface area contributed by atoms with Crippen LogP contribution >= 0.6 is 0 Å². The summed E-state index contributed by atoms with van der Waals surface area (Å²) in [4.78, 5) is 23.9. The van der Waals surface area contributed by atoms with Crippen molar-refractivity contribution in [2.75, 3.05) is 20.3 Å². The summed E-state index contributed by atoms with van der Waals surface area (Å²) >= 11 is 0. The van der Waals surface area contributed by atoms with E-state index in [1.165, 1.54) is 6.92 Å². The summed E-state index contributed by atoms with van der Waals surface area (Å²) in [5.41, 5.74) is 0.850. The van der Waals surface area contributed by atoms with Gasteiger partial charge in [0.25, 0.3) is 0 Å². The second-order valence-corrected chi connectivity index (χ2v) is 8.37. The van der Waals surface area contributed by atoms with Crippen molar-refractivity contribution < 1.29 is 33.3 Å². The van der Waals surface area contributed by atoms with Crippen molar-refractivity contribution in [1.29, 1.82) is 0 Å². The molecule has 32 heavy (non-hydrogen) atoms. The average molecular weight is 440 g/mol. The Kier molecular flexibility index (Phi) is 7.01. The number of methoxy groups -OCH3 is 1. The molecule has 3 rings (SSSR count). The largest absolute Gasteiger partial charge is 0.497 e. The number of hydrogen-bond acceptors (Lipinski definition) is 7. The molecule has 7 heteroatoms. The molecule has 2 aromatic rings. The van der Waals surface area contributed by atoms with Gasteiger partial charge in [0.05, 0.1) is 20.3 Å². The van der Waals surface area contributed by atoms with Gasteiger partial charge in [-0.25, -0.2) is 0 Å². The monoisotopic (exact) mass is 440 g/mol. The Labute approximate surface area is 187 Å². The molecule has 0 amide bonds. The van der Waals surface area contributed by atoms with Crippen molar-refractivity contribution >= 4 is 24.1 Å². The van der Waals surface area contributed by atoms with Crippen LogP contribution in [-0.4, -0.2) is 38.0 Å². The first-order valence-corrected chi connectivity index (χ1v) is 10.2. The highest BCUT2D eigenvalue weighted by atomic mass is 16.7. The highest BCUT2D eigenvalue weighted by molar-refractivity contribution is 5.79. The molecule has 0 unspecified atom stereocenters. The predicted octanol–water partition coefficient (Wildman–Crippen LogP) is 4.49. The van der Waals surface area contributed by atoms with Crippen molar-refractivity contribution in [3.63, 3.8) is 0 Å². The maximum Gasteiger partial charge on any atom is 0.321 e. The first-order valence-electron chi connectivity index (χ1n) is 10.2. The average Bonchev–Trinajstić information content (AvgIpc) is 2.75. The van der Waals surface area contributed by atoms with E-state index in [1.807, 2.05) is 44.2 Å². The van der Waals surface area contributed by atoms with Crippen LogP contribution in [0.5, 0.6) is 17.2 Å². The van der Waals surface area contributed by atoms with Gasteiger partial charge in [0, 0.05) is 13.0 Å². The lowest BCUT2D eigenvalue weighted by Crippen LogP contribution is -2.50. The van der Waals surface area contributed by atoms with E-state index in [1.54, 1.807) is 38.3 Å². The van der Waals surface area contributed by atoms with Gasteiger partial charge in [-0.2, -0.15) is 0 Å². The molecule has 0 aromatic heterocycles. The van der Waals surface area contributed by atoms with E-state index in [0.717, 1.165) is 11.1 Å². The fraction of sp³-hybridized carbons (Fsp3) is 0.360. The van der Waals surface area contributed by atoms with E-state index in [0.29, 0.717) is 17.2 Å². The fourth-order valence-electron chi connectivity index (χ4n) is 2.97. The summed E-state index contributed by atoms with van der Waals surface area (Å²) in [6.07, 6.45) is 3.76. The van der Waals surface area contributed by atoms with E-state index in [-0.39, 0.29) is 13.2 Å². The maximum absolute atomic E-state index is 12.6. The summed E-state index contributed by atoms with van der Waals surface area (Å²) in [5, 5.41) is 0. The minimum Gasteiger partial charge on any atom is -0.497 e. The highest BCUT2D eigenvalue weighted by Crippen LogP contribution is 2.31. The fourth-order valence-corrected chi connectivity index (χ4v) is 2.97. The normalized spacial score (nSPS) is 17.0. The van der Waals surface area contributed by atoms with Gasteiger partial charge in [0.2, 0.25) is 0 Å². The molecule has 0 aliphatic carbocycles. The smallest absolute Gasteiger partial charge is 0.321 e. The molecule has 7 nitrogen and oxygen atoms in total. The van der Waals surface area contributed by atoms with Gasteiger partial charge >= 0.3 is 11.9 Å². The minimum atomic E-state index is -0.861. The first-order chi connectivity index (χ1) is 15.1. The van der Waals surface area contributed by atoms with Gasteiger partial charge in [-0.15, -0.1) is 0 Å². The third-order valence-electron chi connectivity index (χ3n) is 4.93. The Morgan fingerprint density at radius 3 is 2.03 bits per heavy atom. The topological polar surface area (TPSA) is 80.3 Å². The Morgan fingerprint density at radius 1 is 0.844 bits per heavy atom. The van der Waals surface area contributed by atoms with E-state index >= 15 is 0 Å². The number of rotatable bonds is 6. The van der Waals surface area contributed by atoms with Crippen LogP contribution in [0.3, 0.4) is 0 Å². The molecule has 1 aliphatic rings. The van der Waals surface area contributed by atoms with Crippen LogP contribution in [0.25, 0.3) is 12.2 Å². The summed E-state index contributed by atoms with van der Waals surface area (Å²) in [6.45, 7) is 7.20. The minimum absolute atomic E-state index is 0.232. The number of esters is 2. The molecule has 1 saturated heterocycles. The zero-order valence-electron chi connectivity index (χ0n) is 19.0. The molecule has 0 spiro atoms. The Balaban J connectivity index is 1.65. The number of benzene rings is 2. The standard InChI is InChI=1S/C25H28O7/c1-17(26)31-22-13-19(12-21(14-22)28-5)7-6-18-8-10-20(11-9-18)32-23(27)25(4)15-29-24(2,3)30-16-25/h6-14H,15-16H2,1-5H3/b7-6+. The van der Waals surface area contributed by atoms with E-state index in [2.05, 4.69) is 0 Å². The molecule has 0 saturated carbocycles. The van der Waals surface area contributed by atoms with Crippen molar-refractivity contribution in [3.8, 4) is 17.2 Å². The zero-order valence-corrected chi connectivity index (χ0v) is 19.0. The maximum atomic E-state index is 12.6. The van der Waals surface area contributed by atoms with Gasteiger partial charge in [-0.3, -0.25) is 9.59 Å². The number of carbonyl (C=O) groups is 2. The molecular formula is C25H28O7. The molecule has 0 radical (unpaired) electrons. The lowest BCUT2D eigenvalue weighted by molar-refractivity contribution is -0.279. The molecular weight excluding hydrogens is 412 g/mol. The Bertz CT molecular complexity index is 995. The molecule has 2 aromatic carbocycles. The van der Waals surface area contributed by atoms with Crippen LogP contribution in [0.2, 0.25) is 0 Å². The highest BCUT2D eigenvalue weighted by Gasteiger charge is 2.43. The second kappa shape index (κ2) is 9.54. The number of carbonyl (C=O) groups excluding carboxylic acids is 2. The molecule has 1 fully saturated rings. The van der Waals surface area contributed by atoms with Crippen molar-refractivity contribution in [2.45, 2.75) is 33.5 Å². The van der Waals surface area contributed by atoms with Crippen LogP contribution in [0.15, 0.2) is 42.5 Å². The zero-order chi connectivity index (χ0) is 23.4. The second-order valence-electron chi connectivity index (χ2n) is 8.37. The van der Waals surface area contributed by atoms with Crippen LogP contribution in [-0.2, 0) is 19.1 Å². The molecule has 1 heterocycles. The first kappa shape index (κ1) is 23.5. The van der Waals surface area contributed by atoms with Crippen LogP contribution in [0.1, 0.15) is 38.8 Å². The lowest BCUT2D eigenvalue weighted by Gasteiger charge is -2.39. The Morgan fingerprint density at radius 2 is 1.44 bits per heavy atom. The van der Waals surface area contributed by atoms with Gasteiger partial charge in [0.1, 0.15) is 22.7 Å². The third-order valence-corrected chi connectivity index (χ3v) is 4.93. The molecule has 1 aliphatic heterocycles. The molecule has 170 valence electrons. The number of ether oxygens (including phenoxy) is 5. The van der Waals surface area contributed by atoms with E-state index < -0.39 is 23.1 Å². The lowest BCUT2D eigenvalue weighted by atomic mass is 9.92. The summed E-state index contributed by atoms with van der Waals surface area (Å²) in [6, 6.07) is 12.3. The van der Waals surface area contributed by atoms with Crippen LogP contribution in [0, 0.1) is 5.41 Å². The summed E-state index contributed by atoms with van der Waals surface area (Å²) < 4.78 is 27.2. The summed E-state index contributed by atoms with van der Waals surface area (Å²) in [7, 11) is 1.55. The SMILES string of the molecule is COc1cc(/C=C/c2ccc(OC(=O)C3(C)COC(C)(C)OC3)cc2)cc(OC(C)=O)c1. The van der Waals surface area contributed by atoms with Crippen LogP contribution < -0.4 is 14.2 Å². The quantitative estimate of drug-likeness (QED) is 0.372. The summed E-state index contributed by atoms with van der Waals surface area (Å²) in [5.74, 6) is -0.0654. The molecule has 0 atom stereocenters.